The average Bonchev–Trinajstić information content (AvgIpc) is 2.80. The predicted molar refractivity (Wildman–Crippen MR) is 116 cm³/mol. The lowest BCUT2D eigenvalue weighted by Crippen LogP contribution is -2.47. The molecule has 0 radical (unpaired) electrons. The highest BCUT2D eigenvalue weighted by molar-refractivity contribution is 5.98. The molecule has 0 aromatic heterocycles. The number of piperidine rings is 1. The van der Waals surface area contributed by atoms with Crippen LogP contribution in [0.5, 0.6) is 11.5 Å². The van der Waals surface area contributed by atoms with Gasteiger partial charge in [-0.2, -0.15) is 0 Å². The molecule has 164 valence electrons. The molecule has 0 saturated carbocycles. The smallest absolute Gasteiger partial charge is 0.310 e. The molecule has 7 nitrogen and oxygen atoms in total. The summed E-state index contributed by atoms with van der Waals surface area (Å²) in [5, 5.41) is 0. The van der Waals surface area contributed by atoms with Crippen molar-refractivity contribution in [1.29, 1.82) is 0 Å². The van der Waals surface area contributed by atoms with Crippen molar-refractivity contribution in [2.75, 3.05) is 33.3 Å². The second kappa shape index (κ2) is 10.6. The largest absolute Gasteiger partial charge is 0.466 e. The van der Waals surface area contributed by atoms with Crippen LogP contribution < -0.4 is 4.74 Å². The van der Waals surface area contributed by atoms with E-state index in [0.717, 1.165) is 6.42 Å². The van der Waals surface area contributed by atoms with Gasteiger partial charge in [0, 0.05) is 20.1 Å². The third-order valence-electron chi connectivity index (χ3n) is 5.20. The van der Waals surface area contributed by atoms with Gasteiger partial charge in [-0.25, -0.2) is 0 Å². The van der Waals surface area contributed by atoms with Gasteiger partial charge in [0.05, 0.1) is 24.6 Å². The van der Waals surface area contributed by atoms with Gasteiger partial charge < -0.3 is 19.3 Å². The van der Waals surface area contributed by atoms with Crippen molar-refractivity contribution in [2.24, 2.45) is 5.92 Å². The summed E-state index contributed by atoms with van der Waals surface area (Å²) in [4.78, 5) is 40.9. The summed E-state index contributed by atoms with van der Waals surface area (Å²) < 4.78 is 11.0. The zero-order valence-electron chi connectivity index (χ0n) is 18.0. The molecule has 1 saturated heterocycles. The van der Waals surface area contributed by atoms with Gasteiger partial charge in [0.1, 0.15) is 11.5 Å². The van der Waals surface area contributed by atoms with Crippen molar-refractivity contribution in [3.8, 4) is 11.5 Å². The SMILES string of the molecule is CCOC(=O)C1CCCN(C(=O)CN(C)C(=O)c2ccccc2Oc2ccccc2)C1. The van der Waals surface area contributed by atoms with E-state index in [1.165, 1.54) is 4.90 Å². The summed E-state index contributed by atoms with van der Waals surface area (Å²) in [5.74, 6) is -0.0154. The average molecular weight is 424 g/mol. The van der Waals surface area contributed by atoms with Crippen molar-refractivity contribution in [3.05, 3.63) is 60.2 Å². The van der Waals surface area contributed by atoms with Crippen LogP contribution in [0.25, 0.3) is 0 Å². The maximum atomic E-state index is 13.0. The minimum atomic E-state index is -0.307. The fourth-order valence-electron chi connectivity index (χ4n) is 3.58. The molecular formula is C24H28N2O5. The third-order valence-corrected chi connectivity index (χ3v) is 5.20. The second-order valence-corrected chi connectivity index (χ2v) is 7.50. The van der Waals surface area contributed by atoms with Gasteiger partial charge in [0.15, 0.2) is 0 Å². The fraction of sp³-hybridized carbons (Fsp3) is 0.375. The minimum absolute atomic E-state index is 0.0753. The molecule has 1 heterocycles. The molecule has 0 bridgehead atoms. The molecule has 2 amide bonds. The number of likely N-dealkylation sites (N-methyl/N-ethyl adjacent to an activating group) is 1. The van der Waals surface area contributed by atoms with Crippen LogP contribution >= 0.6 is 0 Å². The van der Waals surface area contributed by atoms with Crippen LogP contribution in [-0.2, 0) is 14.3 Å². The number of carbonyl (C=O) groups excluding carboxylic acids is 3. The summed E-state index contributed by atoms with van der Waals surface area (Å²) in [7, 11) is 1.59. The Balaban J connectivity index is 1.64. The Morgan fingerprint density at radius 1 is 1.06 bits per heavy atom. The number of rotatable bonds is 7. The Bertz CT molecular complexity index is 915. The normalized spacial score (nSPS) is 15.8. The van der Waals surface area contributed by atoms with Crippen molar-refractivity contribution in [1.82, 2.24) is 9.80 Å². The topological polar surface area (TPSA) is 76.2 Å². The van der Waals surface area contributed by atoms with E-state index in [9.17, 15) is 14.4 Å². The highest BCUT2D eigenvalue weighted by Gasteiger charge is 2.30. The molecular weight excluding hydrogens is 396 g/mol. The van der Waals surface area contributed by atoms with Crippen molar-refractivity contribution < 1.29 is 23.9 Å². The summed E-state index contributed by atoms with van der Waals surface area (Å²) in [6.45, 7) is 2.92. The number of ether oxygens (including phenoxy) is 2. The first-order chi connectivity index (χ1) is 15.0. The molecule has 2 aromatic rings. The summed E-state index contributed by atoms with van der Waals surface area (Å²) in [5.41, 5.74) is 0.379. The Kier molecular flexibility index (Phi) is 7.65. The molecule has 2 aromatic carbocycles. The van der Waals surface area contributed by atoms with Crippen molar-refractivity contribution in [2.45, 2.75) is 19.8 Å². The van der Waals surface area contributed by atoms with E-state index in [0.29, 0.717) is 43.2 Å². The highest BCUT2D eigenvalue weighted by Crippen LogP contribution is 2.26. The number of likely N-dealkylation sites (tertiary alicyclic amines) is 1. The third kappa shape index (κ3) is 5.84. The number of esters is 1. The van der Waals surface area contributed by atoms with E-state index >= 15 is 0 Å². The molecule has 1 fully saturated rings. The molecule has 7 heteroatoms. The number of hydrogen-bond acceptors (Lipinski definition) is 5. The van der Waals surface area contributed by atoms with Gasteiger partial charge >= 0.3 is 5.97 Å². The zero-order valence-corrected chi connectivity index (χ0v) is 18.0. The molecule has 3 rings (SSSR count). The number of amides is 2. The molecule has 0 aliphatic carbocycles. The van der Waals surface area contributed by atoms with Crippen LogP contribution in [0.1, 0.15) is 30.1 Å². The molecule has 1 unspecified atom stereocenters. The lowest BCUT2D eigenvalue weighted by molar-refractivity contribution is -0.151. The van der Waals surface area contributed by atoms with Gasteiger partial charge in [-0.15, -0.1) is 0 Å². The highest BCUT2D eigenvalue weighted by atomic mass is 16.5. The van der Waals surface area contributed by atoms with Crippen LogP contribution in [0.2, 0.25) is 0 Å². The second-order valence-electron chi connectivity index (χ2n) is 7.50. The Hall–Kier alpha value is -3.35. The maximum Gasteiger partial charge on any atom is 0.310 e. The minimum Gasteiger partial charge on any atom is -0.466 e. The summed E-state index contributed by atoms with van der Waals surface area (Å²) in [6, 6.07) is 16.2. The standard InChI is InChI=1S/C24H28N2O5/c1-3-30-24(29)18-10-9-15-26(16-18)22(27)17-25(2)23(28)20-13-7-8-14-21(20)31-19-11-5-4-6-12-19/h4-8,11-14,18H,3,9-10,15-17H2,1-2H3. The first kappa shape index (κ1) is 22.3. The van der Waals surface area contributed by atoms with Crippen LogP contribution in [-0.4, -0.2) is 60.9 Å². The Morgan fingerprint density at radius 3 is 2.52 bits per heavy atom. The molecule has 0 spiro atoms. The number of benzene rings is 2. The van der Waals surface area contributed by atoms with E-state index in [4.69, 9.17) is 9.47 Å². The Morgan fingerprint density at radius 2 is 1.77 bits per heavy atom. The van der Waals surface area contributed by atoms with E-state index < -0.39 is 0 Å². The number of para-hydroxylation sites is 2. The van der Waals surface area contributed by atoms with Gasteiger partial charge in [-0.3, -0.25) is 14.4 Å². The fourth-order valence-corrected chi connectivity index (χ4v) is 3.58. The van der Waals surface area contributed by atoms with Crippen LogP contribution in [0.4, 0.5) is 0 Å². The molecule has 1 aliphatic heterocycles. The Labute approximate surface area is 182 Å². The first-order valence-electron chi connectivity index (χ1n) is 10.5. The molecule has 31 heavy (non-hydrogen) atoms. The van der Waals surface area contributed by atoms with Gasteiger partial charge in [0.25, 0.3) is 5.91 Å². The predicted octanol–water partition coefficient (Wildman–Crippen LogP) is 3.35. The van der Waals surface area contributed by atoms with Crippen molar-refractivity contribution in [3.63, 3.8) is 0 Å². The quantitative estimate of drug-likeness (QED) is 0.637. The van der Waals surface area contributed by atoms with E-state index in [1.807, 2.05) is 30.3 Å². The van der Waals surface area contributed by atoms with Crippen LogP contribution in [0.15, 0.2) is 54.6 Å². The van der Waals surface area contributed by atoms with Gasteiger partial charge in [-0.1, -0.05) is 30.3 Å². The summed E-state index contributed by atoms with van der Waals surface area (Å²) >= 11 is 0. The lowest BCUT2D eigenvalue weighted by Gasteiger charge is -2.32. The van der Waals surface area contributed by atoms with E-state index in [1.54, 1.807) is 43.1 Å². The monoisotopic (exact) mass is 424 g/mol. The number of nitrogens with zero attached hydrogens (tertiary/aromatic N) is 2. The number of hydrogen-bond donors (Lipinski definition) is 0. The van der Waals surface area contributed by atoms with Gasteiger partial charge in [-0.05, 0) is 44.0 Å². The van der Waals surface area contributed by atoms with E-state index in [-0.39, 0.29) is 30.2 Å². The summed E-state index contributed by atoms with van der Waals surface area (Å²) in [6.07, 6.45) is 1.45. The molecule has 1 atom stereocenters. The van der Waals surface area contributed by atoms with E-state index in [2.05, 4.69) is 0 Å². The zero-order chi connectivity index (χ0) is 22.2. The molecule has 0 N–H and O–H groups in total. The number of carbonyl (C=O) groups is 3. The maximum absolute atomic E-state index is 13.0. The van der Waals surface area contributed by atoms with Gasteiger partial charge in [0.2, 0.25) is 5.91 Å². The first-order valence-corrected chi connectivity index (χ1v) is 10.5. The molecule has 1 aliphatic rings. The van der Waals surface area contributed by atoms with Crippen LogP contribution in [0, 0.1) is 5.92 Å². The van der Waals surface area contributed by atoms with Crippen molar-refractivity contribution >= 4 is 17.8 Å². The van der Waals surface area contributed by atoms with Crippen LogP contribution in [0.3, 0.4) is 0 Å². The lowest BCUT2D eigenvalue weighted by atomic mass is 9.98.